The van der Waals surface area contributed by atoms with Crippen molar-refractivity contribution in [1.82, 2.24) is 15.1 Å². The molecule has 0 saturated carbocycles. The predicted octanol–water partition coefficient (Wildman–Crippen LogP) is 2.86. The molecule has 1 aliphatic heterocycles. The molecule has 1 aliphatic rings. The van der Waals surface area contributed by atoms with Crippen LogP contribution in [0.15, 0.2) is 12.4 Å². The lowest BCUT2D eigenvalue weighted by Gasteiger charge is -2.19. The zero-order chi connectivity index (χ0) is 13.2. The third kappa shape index (κ3) is 6.29. The van der Waals surface area contributed by atoms with E-state index in [1.165, 1.54) is 45.2 Å². The van der Waals surface area contributed by atoms with Crippen LogP contribution in [0.1, 0.15) is 46.0 Å². The summed E-state index contributed by atoms with van der Waals surface area (Å²) in [5.41, 5.74) is 0. The number of hydrogen-bond donors (Lipinski definition) is 1. The first-order chi connectivity index (χ1) is 8.76. The van der Waals surface area contributed by atoms with E-state index in [2.05, 4.69) is 48.4 Å². The Kier molecular flexibility index (Phi) is 7.90. The van der Waals surface area contributed by atoms with Gasteiger partial charge in [-0.1, -0.05) is 33.1 Å². The minimum Gasteiger partial charge on any atom is -0.362 e. The van der Waals surface area contributed by atoms with Gasteiger partial charge in [-0.15, -0.1) is 0 Å². The molecule has 3 heteroatoms. The van der Waals surface area contributed by atoms with Crippen molar-refractivity contribution in [1.29, 1.82) is 0 Å². The molecule has 0 spiro atoms. The largest absolute Gasteiger partial charge is 0.362 e. The van der Waals surface area contributed by atoms with Crippen LogP contribution in [-0.2, 0) is 0 Å². The Morgan fingerprint density at radius 1 is 1.22 bits per heavy atom. The van der Waals surface area contributed by atoms with Gasteiger partial charge in [-0.05, 0) is 31.8 Å². The van der Waals surface area contributed by atoms with E-state index in [1.807, 2.05) is 0 Å². The maximum absolute atomic E-state index is 3.62. The van der Waals surface area contributed by atoms with Crippen molar-refractivity contribution < 1.29 is 0 Å². The molecule has 0 saturated heterocycles. The topological polar surface area (TPSA) is 18.5 Å². The molecule has 18 heavy (non-hydrogen) atoms. The minimum absolute atomic E-state index is 0.878. The molecule has 0 aliphatic carbocycles. The molecule has 106 valence electrons. The lowest BCUT2D eigenvalue weighted by molar-refractivity contribution is 0.291. The molecule has 0 aromatic heterocycles. The Bertz CT molecular complexity index is 228. The standard InChI is InChI=1S/C15H31N3/c1-4-6-8-15(5-2)13-16-9-7-10-18-12-11-17(3)14-18/h11-12,15-16H,4-10,13-14H2,1-3H3. The van der Waals surface area contributed by atoms with Gasteiger partial charge in [0.1, 0.15) is 0 Å². The summed E-state index contributed by atoms with van der Waals surface area (Å²) in [5, 5.41) is 3.62. The first-order valence-electron chi connectivity index (χ1n) is 7.59. The van der Waals surface area contributed by atoms with E-state index < -0.39 is 0 Å². The van der Waals surface area contributed by atoms with Crippen molar-refractivity contribution in [2.75, 3.05) is 33.4 Å². The van der Waals surface area contributed by atoms with Crippen molar-refractivity contribution in [3.63, 3.8) is 0 Å². The summed E-state index contributed by atoms with van der Waals surface area (Å²) in [5.74, 6) is 0.878. The molecule has 0 aromatic rings. The Morgan fingerprint density at radius 3 is 2.67 bits per heavy atom. The molecule has 1 atom stereocenters. The first-order valence-corrected chi connectivity index (χ1v) is 7.59. The molecule has 0 fully saturated rings. The van der Waals surface area contributed by atoms with Crippen LogP contribution in [0.5, 0.6) is 0 Å². The van der Waals surface area contributed by atoms with Crippen LogP contribution < -0.4 is 5.32 Å². The maximum Gasteiger partial charge on any atom is 0.0890 e. The van der Waals surface area contributed by atoms with Crippen molar-refractivity contribution in [3.05, 3.63) is 12.4 Å². The Morgan fingerprint density at radius 2 is 2.06 bits per heavy atom. The summed E-state index contributed by atoms with van der Waals surface area (Å²) in [6.07, 6.45) is 11.0. The highest BCUT2D eigenvalue weighted by atomic mass is 15.3. The zero-order valence-corrected chi connectivity index (χ0v) is 12.5. The summed E-state index contributed by atoms with van der Waals surface area (Å²) in [6.45, 7) is 9.16. The Hall–Kier alpha value is -0.700. The average Bonchev–Trinajstić information content (AvgIpc) is 2.78. The highest BCUT2D eigenvalue weighted by molar-refractivity contribution is 4.88. The normalized spacial score (nSPS) is 16.6. The second kappa shape index (κ2) is 9.26. The van der Waals surface area contributed by atoms with Crippen molar-refractivity contribution in [3.8, 4) is 0 Å². The van der Waals surface area contributed by atoms with E-state index in [4.69, 9.17) is 0 Å². The molecule has 0 bridgehead atoms. The van der Waals surface area contributed by atoms with E-state index in [1.54, 1.807) is 0 Å². The lowest BCUT2D eigenvalue weighted by atomic mass is 9.99. The summed E-state index contributed by atoms with van der Waals surface area (Å²) in [7, 11) is 2.12. The summed E-state index contributed by atoms with van der Waals surface area (Å²) >= 11 is 0. The number of unbranched alkanes of at least 4 members (excludes halogenated alkanes) is 1. The summed E-state index contributed by atoms with van der Waals surface area (Å²) in [6, 6.07) is 0. The fraction of sp³-hybridized carbons (Fsp3) is 0.867. The van der Waals surface area contributed by atoms with Gasteiger partial charge in [0.2, 0.25) is 0 Å². The molecule has 1 heterocycles. The number of nitrogens with zero attached hydrogens (tertiary/aromatic N) is 2. The van der Waals surface area contributed by atoms with E-state index in [9.17, 15) is 0 Å². The first kappa shape index (κ1) is 15.4. The van der Waals surface area contributed by atoms with Gasteiger partial charge in [-0.3, -0.25) is 0 Å². The van der Waals surface area contributed by atoms with Gasteiger partial charge in [-0.25, -0.2) is 0 Å². The Balaban J connectivity index is 1.95. The third-order valence-electron chi connectivity index (χ3n) is 3.71. The third-order valence-corrected chi connectivity index (χ3v) is 3.71. The van der Waals surface area contributed by atoms with Crippen molar-refractivity contribution in [2.45, 2.75) is 46.0 Å². The molecule has 1 rings (SSSR count). The van der Waals surface area contributed by atoms with Gasteiger partial charge in [0.25, 0.3) is 0 Å². The van der Waals surface area contributed by atoms with Crippen LogP contribution >= 0.6 is 0 Å². The Labute approximate surface area is 113 Å². The smallest absolute Gasteiger partial charge is 0.0890 e. The maximum atomic E-state index is 3.62. The zero-order valence-electron chi connectivity index (χ0n) is 12.5. The van der Waals surface area contributed by atoms with E-state index >= 15 is 0 Å². The molecule has 0 radical (unpaired) electrons. The fourth-order valence-corrected chi connectivity index (χ4v) is 2.39. The summed E-state index contributed by atoms with van der Waals surface area (Å²) in [4.78, 5) is 4.58. The van der Waals surface area contributed by atoms with E-state index in [-0.39, 0.29) is 0 Å². The molecule has 0 amide bonds. The predicted molar refractivity (Wildman–Crippen MR) is 79.3 cm³/mol. The molecular weight excluding hydrogens is 222 g/mol. The molecule has 1 unspecified atom stereocenters. The minimum atomic E-state index is 0.878. The van der Waals surface area contributed by atoms with Crippen LogP contribution in [0.4, 0.5) is 0 Å². The van der Waals surface area contributed by atoms with E-state index in [0.29, 0.717) is 0 Å². The highest BCUT2D eigenvalue weighted by Crippen LogP contribution is 2.11. The second-order valence-corrected chi connectivity index (χ2v) is 5.48. The van der Waals surface area contributed by atoms with E-state index in [0.717, 1.165) is 19.1 Å². The molecule has 1 N–H and O–H groups in total. The SMILES string of the molecule is CCCCC(CC)CNCCCN1C=CN(C)C1. The van der Waals surface area contributed by atoms with Crippen LogP contribution in [0.25, 0.3) is 0 Å². The highest BCUT2D eigenvalue weighted by Gasteiger charge is 2.08. The van der Waals surface area contributed by atoms with Crippen LogP contribution in [-0.4, -0.2) is 43.2 Å². The van der Waals surface area contributed by atoms with Crippen molar-refractivity contribution in [2.24, 2.45) is 5.92 Å². The number of nitrogens with one attached hydrogen (secondary N) is 1. The lowest BCUT2D eigenvalue weighted by Crippen LogP contribution is -2.28. The quantitative estimate of drug-likeness (QED) is 0.604. The number of rotatable bonds is 10. The van der Waals surface area contributed by atoms with Gasteiger partial charge in [-0.2, -0.15) is 0 Å². The van der Waals surface area contributed by atoms with Gasteiger partial charge in [0.05, 0.1) is 6.67 Å². The molecule has 3 nitrogen and oxygen atoms in total. The molecular formula is C15H31N3. The second-order valence-electron chi connectivity index (χ2n) is 5.48. The van der Waals surface area contributed by atoms with Crippen LogP contribution in [0.2, 0.25) is 0 Å². The summed E-state index contributed by atoms with van der Waals surface area (Å²) < 4.78 is 0. The van der Waals surface area contributed by atoms with Crippen LogP contribution in [0.3, 0.4) is 0 Å². The van der Waals surface area contributed by atoms with Gasteiger partial charge < -0.3 is 15.1 Å². The van der Waals surface area contributed by atoms with Gasteiger partial charge >= 0.3 is 0 Å². The molecule has 0 aromatic carbocycles. The fourth-order valence-electron chi connectivity index (χ4n) is 2.39. The van der Waals surface area contributed by atoms with Gasteiger partial charge in [0, 0.05) is 26.0 Å². The number of hydrogen-bond acceptors (Lipinski definition) is 3. The van der Waals surface area contributed by atoms with Gasteiger partial charge in [0.15, 0.2) is 0 Å². The van der Waals surface area contributed by atoms with Crippen LogP contribution in [0, 0.1) is 5.92 Å². The average molecular weight is 253 g/mol. The monoisotopic (exact) mass is 253 g/mol. The van der Waals surface area contributed by atoms with Crippen molar-refractivity contribution >= 4 is 0 Å².